The third-order valence-corrected chi connectivity index (χ3v) is 5.75. The lowest BCUT2D eigenvalue weighted by molar-refractivity contribution is -0.141. The van der Waals surface area contributed by atoms with Gasteiger partial charge in [0.05, 0.1) is 19.7 Å². The largest absolute Gasteiger partial charge is 0.383 e. The number of nitrogens with zero attached hydrogens (tertiary/aromatic N) is 3. The Hall–Kier alpha value is -2.12. The summed E-state index contributed by atoms with van der Waals surface area (Å²) in [5.41, 5.74) is 2.28. The molecule has 0 aliphatic heterocycles. The molecule has 0 fully saturated rings. The molecule has 0 aliphatic rings. The summed E-state index contributed by atoms with van der Waals surface area (Å²) in [5, 5.41) is 0. The number of amides is 2. The highest BCUT2D eigenvalue weighted by molar-refractivity contribution is 9.10. The van der Waals surface area contributed by atoms with Gasteiger partial charge < -0.3 is 19.1 Å². The van der Waals surface area contributed by atoms with Crippen molar-refractivity contribution in [2.45, 2.75) is 46.2 Å². The van der Waals surface area contributed by atoms with Gasteiger partial charge in [0.2, 0.25) is 11.8 Å². The van der Waals surface area contributed by atoms with E-state index >= 15 is 0 Å². The first-order chi connectivity index (χ1) is 15.0. The molecule has 0 radical (unpaired) electrons. The molecule has 0 saturated carbocycles. The second-order valence-corrected chi connectivity index (χ2v) is 8.50. The smallest absolute Gasteiger partial charge is 0.242 e. The van der Waals surface area contributed by atoms with Gasteiger partial charge in [-0.15, -0.1) is 0 Å². The van der Waals surface area contributed by atoms with Crippen LogP contribution in [0.5, 0.6) is 0 Å². The van der Waals surface area contributed by atoms with Crippen molar-refractivity contribution in [2.75, 3.05) is 33.4 Å². The average Bonchev–Trinajstić information content (AvgIpc) is 3.21. The molecular formula is C24H34BrN3O3. The molecular weight excluding hydrogens is 458 g/mol. The fourth-order valence-electron chi connectivity index (χ4n) is 3.35. The first-order valence-electron chi connectivity index (χ1n) is 10.9. The fourth-order valence-corrected chi connectivity index (χ4v) is 3.61. The Balaban J connectivity index is 2.11. The number of rotatable bonds is 13. The number of aromatic nitrogens is 1. The van der Waals surface area contributed by atoms with Crippen molar-refractivity contribution in [3.8, 4) is 0 Å². The SMILES string of the molecule is CCCCN(Cc1cccn1Cc1ccc(Br)cc1)C(=O)CN(CCOC)C(=O)CC. The van der Waals surface area contributed by atoms with Gasteiger partial charge in [0.1, 0.15) is 0 Å². The van der Waals surface area contributed by atoms with Gasteiger partial charge in [0.25, 0.3) is 0 Å². The molecule has 1 aromatic heterocycles. The summed E-state index contributed by atoms with van der Waals surface area (Å²) in [6.07, 6.45) is 4.36. The van der Waals surface area contributed by atoms with Crippen LogP contribution in [0.15, 0.2) is 47.1 Å². The fraction of sp³-hybridized carbons (Fsp3) is 0.500. The zero-order valence-electron chi connectivity index (χ0n) is 18.8. The number of carbonyl (C=O) groups excluding carboxylic acids is 2. The topological polar surface area (TPSA) is 54.8 Å². The molecule has 7 heteroatoms. The van der Waals surface area contributed by atoms with Crippen molar-refractivity contribution < 1.29 is 14.3 Å². The van der Waals surface area contributed by atoms with Crippen LogP contribution in [0.3, 0.4) is 0 Å². The molecule has 1 heterocycles. The molecule has 0 aliphatic carbocycles. The zero-order valence-corrected chi connectivity index (χ0v) is 20.4. The quantitative estimate of drug-likeness (QED) is 0.419. The van der Waals surface area contributed by atoms with Crippen LogP contribution in [0, 0.1) is 0 Å². The molecule has 0 bridgehead atoms. The number of unbranched alkanes of at least 4 members (excludes halogenated alkanes) is 1. The maximum absolute atomic E-state index is 13.2. The minimum atomic E-state index is -0.0283. The van der Waals surface area contributed by atoms with Gasteiger partial charge in [-0.3, -0.25) is 9.59 Å². The normalized spacial score (nSPS) is 10.8. The van der Waals surface area contributed by atoms with E-state index < -0.39 is 0 Å². The van der Waals surface area contributed by atoms with Gasteiger partial charge in [-0.05, 0) is 36.2 Å². The van der Waals surface area contributed by atoms with E-state index in [2.05, 4.69) is 45.6 Å². The molecule has 0 atom stereocenters. The first-order valence-corrected chi connectivity index (χ1v) is 11.7. The van der Waals surface area contributed by atoms with Gasteiger partial charge in [0, 0.05) is 49.5 Å². The van der Waals surface area contributed by atoms with Gasteiger partial charge in [-0.2, -0.15) is 0 Å². The van der Waals surface area contributed by atoms with E-state index in [1.54, 1.807) is 12.0 Å². The molecule has 0 saturated heterocycles. The summed E-state index contributed by atoms with van der Waals surface area (Å²) in [5.74, 6) is -0.0535. The van der Waals surface area contributed by atoms with Crippen LogP contribution >= 0.6 is 15.9 Å². The highest BCUT2D eigenvalue weighted by Gasteiger charge is 2.21. The maximum atomic E-state index is 13.2. The third-order valence-electron chi connectivity index (χ3n) is 5.22. The second-order valence-electron chi connectivity index (χ2n) is 7.58. The van der Waals surface area contributed by atoms with E-state index in [1.807, 2.05) is 36.2 Å². The lowest BCUT2D eigenvalue weighted by Crippen LogP contribution is -2.44. The standard InChI is InChI=1S/C24H34BrN3O3/c1-4-6-13-27(24(30)19-28(15-16-31-3)23(29)5-2)18-22-8-7-14-26(22)17-20-9-11-21(25)12-10-20/h7-12,14H,4-6,13,15-19H2,1-3H3. The molecule has 2 aromatic rings. The Morgan fingerprint density at radius 1 is 1.03 bits per heavy atom. The number of carbonyl (C=O) groups is 2. The Morgan fingerprint density at radius 3 is 2.42 bits per heavy atom. The van der Waals surface area contributed by atoms with Gasteiger partial charge in [-0.25, -0.2) is 0 Å². The van der Waals surface area contributed by atoms with Crippen LogP contribution in [0.4, 0.5) is 0 Å². The number of hydrogen-bond donors (Lipinski definition) is 0. The van der Waals surface area contributed by atoms with E-state index in [9.17, 15) is 9.59 Å². The van der Waals surface area contributed by atoms with Crippen molar-refractivity contribution >= 4 is 27.7 Å². The molecule has 170 valence electrons. The molecule has 1 aromatic carbocycles. The Labute approximate surface area is 194 Å². The summed E-state index contributed by atoms with van der Waals surface area (Å²) in [6, 6.07) is 12.3. The highest BCUT2D eigenvalue weighted by atomic mass is 79.9. The van der Waals surface area contributed by atoms with E-state index in [0.29, 0.717) is 32.7 Å². The van der Waals surface area contributed by atoms with Crippen LogP contribution in [-0.2, 0) is 27.4 Å². The van der Waals surface area contributed by atoms with Crippen LogP contribution in [0.1, 0.15) is 44.4 Å². The predicted octanol–water partition coefficient (Wildman–Crippen LogP) is 4.31. The van der Waals surface area contributed by atoms with Crippen molar-refractivity contribution in [3.63, 3.8) is 0 Å². The van der Waals surface area contributed by atoms with E-state index in [1.165, 1.54) is 5.56 Å². The van der Waals surface area contributed by atoms with Crippen LogP contribution < -0.4 is 0 Å². The number of hydrogen-bond acceptors (Lipinski definition) is 3. The molecule has 0 N–H and O–H groups in total. The highest BCUT2D eigenvalue weighted by Crippen LogP contribution is 2.15. The summed E-state index contributed by atoms with van der Waals surface area (Å²) in [7, 11) is 1.60. The van der Waals surface area contributed by atoms with E-state index in [4.69, 9.17) is 4.74 Å². The number of methoxy groups -OCH3 is 1. The van der Waals surface area contributed by atoms with Gasteiger partial charge in [-0.1, -0.05) is 48.3 Å². The summed E-state index contributed by atoms with van der Waals surface area (Å²) in [4.78, 5) is 28.9. The molecule has 0 spiro atoms. The number of benzene rings is 1. The molecule has 0 unspecified atom stereocenters. The molecule has 31 heavy (non-hydrogen) atoms. The summed E-state index contributed by atoms with van der Waals surface area (Å²) < 4.78 is 8.35. The maximum Gasteiger partial charge on any atom is 0.242 e. The van der Waals surface area contributed by atoms with E-state index in [0.717, 1.165) is 29.6 Å². The van der Waals surface area contributed by atoms with Gasteiger partial charge >= 0.3 is 0 Å². The Bertz CT molecular complexity index is 820. The average molecular weight is 492 g/mol. The predicted molar refractivity (Wildman–Crippen MR) is 127 cm³/mol. The van der Waals surface area contributed by atoms with Crippen molar-refractivity contribution in [2.24, 2.45) is 0 Å². The van der Waals surface area contributed by atoms with E-state index in [-0.39, 0.29) is 18.4 Å². The lowest BCUT2D eigenvalue weighted by atomic mass is 10.2. The zero-order chi connectivity index (χ0) is 22.6. The van der Waals surface area contributed by atoms with Crippen molar-refractivity contribution in [3.05, 3.63) is 58.3 Å². The Morgan fingerprint density at radius 2 is 1.77 bits per heavy atom. The first kappa shape index (κ1) is 25.1. The Kier molecular flexibility index (Phi) is 10.8. The molecule has 6 nitrogen and oxygen atoms in total. The van der Waals surface area contributed by atoms with Crippen molar-refractivity contribution in [1.82, 2.24) is 14.4 Å². The summed E-state index contributed by atoms with van der Waals surface area (Å²) >= 11 is 3.47. The lowest BCUT2D eigenvalue weighted by Gasteiger charge is -2.28. The minimum Gasteiger partial charge on any atom is -0.383 e. The van der Waals surface area contributed by atoms with Crippen molar-refractivity contribution in [1.29, 1.82) is 0 Å². The molecule has 2 amide bonds. The van der Waals surface area contributed by atoms with Crippen LogP contribution in [0.2, 0.25) is 0 Å². The minimum absolute atomic E-state index is 0.0252. The summed E-state index contributed by atoms with van der Waals surface area (Å²) in [6.45, 7) is 6.83. The third kappa shape index (κ3) is 8.15. The monoisotopic (exact) mass is 491 g/mol. The van der Waals surface area contributed by atoms with Crippen LogP contribution in [-0.4, -0.2) is 59.5 Å². The number of halogens is 1. The number of ether oxygens (including phenoxy) is 1. The molecule has 2 rings (SSSR count). The van der Waals surface area contributed by atoms with Gasteiger partial charge in [0.15, 0.2) is 0 Å². The second kappa shape index (κ2) is 13.3. The van der Waals surface area contributed by atoms with Crippen LogP contribution in [0.25, 0.3) is 0 Å².